The van der Waals surface area contributed by atoms with Gasteiger partial charge in [0.15, 0.2) is 5.82 Å². The summed E-state index contributed by atoms with van der Waals surface area (Å²) in [4.78, 5) is 6.03. The first-order valence-corrected chi connectivity index (χ1v) is 8.45. The van der Waals surface area contributed by atoms with Gasteiger partial charge < -0.3 is 10.0 Å². The van der Waals surface area contributed by atoms with Crippen molar-refractivity contribution >= 4 is 16.7 Å². The average molecular weight is 356 g/mol. The molecule has 1 fully saturated rings. The molecule has 1 N–H and O–H groups in total. The zero-order valence-corrected chi connectivity index (χ0v) is 14.2. The van der Waals surface area contributed by atoms with E-state index in [-0.39, 0.29) is 24.6 Å². The highest BCUT2D eigenvalue weighted by atomic mass is 19.3. The van der Waals surface area contributed by atoms with Crippen LogP contribution in [0, 0.1) is 0 Å². The van der Waals surface area contributed by atoms with Crippen LogP contribution in [0.4, 0.5) is 14.6 Å². The SMILES string of the molecule is CN(c1ccc(-c2cc3ncccc3cc2O)nn1)[C@H]1CCC(F)(F)C1. The largest absolute Gasteiger partial charge is 0.507 e. The van der Waals surface area contributed by atoms with Crippen molar-refractivity contribution in [2.24, 2.45) is 0 Å². The molecule has 2 heterocycles. The minimum Gasteiger partial charge on any atom is -0.507 e. The lowest BCUT2D eigenvalue weighted by Crippen LogP contribution is -2.31. The zero-order valence-electron chi connectivity index (χ0n) is 14.2. The molecule has 26 heavy (non-hydrogen) atoms. The van der Waals surface area contributed by atoms with Gasteiger partial charge in [-0.05, 0) is 36.8 Å². The van der Waals surface area contributed by atoms with E-state index in [0.717, 1.165) is 10.9 Å². The number of aromatic hydroxyl groups is 1. The molecule has 1 atom stereocenters. The van der Waals surface area contributed by atoms with E-state index in [1.165, 1.54) is 0 Å². The van der Waals surface area contributed by atoms with Gasteiger partial charge in [-0.25, -0.2) is 8.78 Å². The van der Waals surface area contributed by atoms with E-state index in [1.54, 1.807) is 48.5 Å². The van der Waals surface area contributed by atoms with Crippen molar-refractivity contribution in [2.45, 2.75) is 31.2 Å². The van der Waals surface area contributed by atoms with Crippen LogP contribution in [-0.2, 0) is 0 Å². The molecule has 3 aromatic rings. The van der Waals surface area contributed by atoms with Crippen LogP contribution >= 0.6 is 0 Å². The van der Waals surface area contributed by atoms with Gasteiger partial charge in [0.2, 0.25) is 5.92 Å². The second kappa shape index (κ2) is 6.16. The molecule has 1 aromatic carbocycles. The summed E-state index contributed by atoms with van der Waals surface area (Å²) in [5, 5.41) is 19.5. The molecule has 2 aromatic heterocycles. The van der Waals surface area contributed by atoms with Gasteiger partial charge in [0.1, 0.15) is 5.75 Å². The van der Waals surface area contributed by atoms with Crippen LogP contribution in [0.2, 0.25) is 0 Å². The lowest BCUT2D eigenvalue weighted by Gasteiger charge is -2.25. The number of hydrogen-bond acceptors (Lipinski definition) is 5. The van der Waals surface area contributed by atoms with Gasteiger partial charge in [-0.1, -0.05) is 6.07 Å². The Morgan fingerprint density at radius 3 is 2.73 bits per heavy atom. The van der Waals surface area contributed by atoms with Crippen molar-refractivity contribution in [1.29, 1.82) is 0 Å². The van der Waals surface area contributed by atoms with E-state index in [9.17, 15) is 13.9 Å². The zero-order chi connectivity index (χ0) is 18.3. The summed E-state index contributed by atoms with van der Waals surface area (Å²) in [7, 11) is 1.76. The van der Waals surface area contributed by atoms with Crippen molar-refractivity contribution < 1.29 is 13.9 Å². The molecule has 1 aliphatic carbocycles. The minimum absolute atomic E-state index is 0.0918. The fourth-order valence-corrected chi connectivity index (χ4v) is 3.41. The smallest absolute Gasteiger partial charge is 0.250 e. The molecule has 0 amide bonds. The topological polar surface area (TPSA) is 62.1 Å². The van der Waals surface area contributed by atoms with Crippen LogP contribution in [0.5, 0.6) is 5.75 Å². The second-order valence-electron chi connectivity index (χ2n) is 6.71. The molecular weight excluding hydrogens is 338 g/mol. The molecule has 0 spiro atoms. The minimum atomic E-state index is -2.60. The standard InChI is InChI=1S/C19H18F2N4O/c1-25(13-6-7-19(20,21)11-13)18-5-4-15(23-24-18)14-10-16-12(9-17(14)26)3-2-8-22-16/h2-5,8-10,13,26H,6-7,11H2,1H3/t13-/m0/s1. The molecule has 0 aliphatic heterocycles. The number of benzene rings is 1. The number of pyridine rings is 1. The van der Waals surface area contributed by atoms with Crippen LogP contribution in [-0.4, -0.2) is 39.3 Å². The summed E-state index contributed by atoms with van der Waals surface area (Å²) in [6.07, 6.45) is 1.86. The molecule has 0 radical (unpaired) electrons. The fourth-order valence-electron chi connectivity index (χ4n) is 3.41. The quantitative estimate of drug-likeness (QED) is 0.768. The first-order chi connectivity index (χ1) is 12.4. The second-order valence-corrected chi connectivity index (χ2v) is 6.71. The van der Waals surface area contributed by atoms with Crippen molar-refractivity contribution in [1.82, 2.24) is 15.2 Å². The van der Waals surface area contributed by atoms with E-state index in [4.69, 9.17) is 0 Å². The molecule has 1 aliphatic rings. The predicted molar refractivity (Wildman–Crippen MR) is 95.4 cm³/mol. The summed E-state index contributed by atoms with van der Waals surface area (Å²) in [5.41, 5.74) is 1.78. The first-order valence-electron chi connectivity index (χ1n) is 8.45. The van der Waals surface area contributed by atoms with Crippen molar-refractivity contribution in [3.05, 3.63) is 42.6 Å². The lowest BCUT2D eigenvalue weighted by molar-refractivity contribution is 0.00786. The fraction of sp³-hybridized carbons (Fsp3) is 0.316. The average Bonchev–Trinajstić information content (AvgIpc) is 3.00. The number of phenolic OH excluding ortho intramolecular Hbond substituents is 1. The normalized spacial score (nSPS) is 19.0. The number of hydrogen-bond donors (Lipinski definition) is 1. The van der Waals surface area contributed by atoms with Crippen LogP contribution in [0.1, 0.15) is 19.3 Å². The lowest BCUT2D eigenvalue weighted by atomic mass is 10.1. The van der Waals surface area contributed by atoms with Gasteiger partial charge in [0.25, 0.3) is 0 Å². The number of halogens is 2. The van der Waals surface area contributed by atoms with Crippen molar-refractivity contribution in [2.75, 3.05) is 11.9 Å². The van der Waals surface area contributed by atoms with Crippen molar-refractivity contribution in [3.8, 4) is 17.0 Å². The van der Waals surface area contributed by atoms with Gasteiger partial charge in [-0.3, -0.25) is 4.98 Å². The Kier molecular flexibility index (Phi) is 3.94. The number of nitrogens with zero attached hydrogens (tertiary/aromatic N) is 4. The van der Waals surface area contributed by atoms with Gasteiger partial charge in [-0.15, -0.1) is 10.2 Å². The summed E-state index contributed by atoms with van der Waals surface area (Å²) in [6, 6.07) is 10.3. The Hall–Kier alpha value is -2.83. The number of phenols is 1. The van der Waals surface area contributed by atoms with E-state index < -0.39 is 5.92 Å². The molecular formula is C19H18F2N4O. The third-order valence-electron chi connectivity index (χ3n) is 4.93. The highest BCUT2D eigenvalue weighted by Crippen LogP contribution is 2.38. The highest BCUT2D eigenvalue weighted by molar-refractivity contribution is 5.87. The van der Waals surface area contributed by atoms with E-state index >= 15 is 0 Å². The maximum atomic E-state index is 13.4. The predicted octanol–water partition coefficient (Wildman–Crippen LogP) is 4.02. The van der Waals surface area contributed by atoms with Crippen LogP contribution < -0.4 is 4.90 Å². The molecule has 0 unspecified atom stereocenters. The highest BCUT2D eigenvalue weighted by Gasteiger charge is 2.41. The molecule has 0 saturated heterocycles. The molecule has 7 heteroatoms. The van der Waals surface area contributed by atoms with E-state index in [2.05, 4.69) is 15.2 Å². The van der Waals surface area contributed by atoms with Crippen molar-refractivity contribution in [3.63, 3.8) is 0 Å². The van der Waals surface area contributed by atoms with Crippen LogP contribution in [0.25, 0.3) is 22.2 Å². The maximum absolute atomic E-state index is 13.4. The number of fused-ring (bicyclic) bond motifs is 1. The molecule has 5 nitrogen and oxygen atoms in total. The van der Waals surface area contributed by atoms with Gasteiger partial charge in [0.05, 0.1) is 11.2 Å². The molecule has 1 saturated carbocycles. The molecule has 0 bridgehead atoms. The maximum Gasteiger partial charge on any atom is 0.250 e. The molecule has 134 valence electrons. The number of anilines is 1. The monoisotopic (exact) mass is 356 g/mol. The van der Waals surface area contributed by atoms with Crippen LogP contribution in [0.3, 0.4) is 0 Å². The summed E-state index contributed by atoms with van der Waals surface area (Å²) in [5.74, 6) is -1.97. The summed E-state index contributed by atoms with van der Waals surface area (Å²) >= 11 is 0. The number of rotatable bonds is 3. The Morgan fingerprint density at radius 1 is 1.19 bits per heavy atom. The Balaban J connectivity index is 1.61. The van der Waals surface area contributed by atoms with Gasteiger partial charge in [-0.2, -0.15) is 0 Å². The van der Waals surface area contributed by atoms with Gasteiger partial charge in [0, 0.05) is 43.1 Å². The Bertz CT molecular complexity index is 946. The summed E-state index contributed by atoms with van der Waals surface area (Å²) < 4.78 is 26.9. The Labute approximate surface area is 149 Å². The molecule has 4 rings (SSSR count). The number of alkyl halides is 2. The number of aromatic nitrogens is 3. The van der Waals surface area contributed by atoms with Crippen LogP contribution in [0.15, 0.2) is 42.6 Å². The van der Waals surface area contributed by atoms with E-state index in [1.807, 2.05) is 6.07 Å². The van der Waals surface area contributed by atoms with E-state index in [0.29, 0.717) is 23.5 Å². The first kappa shape index (κ1) is 16.6. The van der Waals surface area contributed by atoms with Gasteiger partial charge >= 0.3 is 0 Å². The summed E-state index contributed by atoms with van der Waals surface area (Å²) in [6.45, 7) is 0. The third kappa shape index (κ3) is 3.05. The Morgan fingerprint density at radius 2 is 2.04 bits per heavy atom. The third-order valence-corrected chi connectivity index (χ3v) is 4.93.